The summed E-state index contributed by atoms with van der Waals surface area (Å²) in [4.78, 5) is 11.1. The number of hydrogen-bond acceptors (Lipinski definition) is 2. The molecule has 2 heteroatoms. The van der Waals surface area contributed by atoms with Gasteiger partial charge in [0.1, 0.15) is 6.29 Å². The van der Waals surface area contributed by atoms with Gasteiger partial charge in [-0.1, -0.05) is 32.4 Å². The quantitative estimate of drug-likeness (QED) is 0.830. The summed E-state index contributed by atoms with van der Waals surface area (Å²) in [6.07, 6.45) is 3.70. The first-order chi connectivity index (χ1) is 9.23. The number of fused-ring (bicyclic) bond motifs is 2. The first kappa shape index (κ1) is 13.8. The molecule has 0 saturated heterocycles. The van der Waals surface area contributed by atoms with E-state index in [1.54, 1.807) is 0 Å². The SMILES string of the molecule is Cc1cc(C=O)cc(C2CC3(O)CCC2(C)C3(C)C)c1. The largest absolute Gasteiger partial charge is 0.389 e. The summed E-state index contributed by atoms with van der Waals surface area (Å²) >= 11 is 0. The Kier molecular flexibility index (Phi) is 2.72. The Morgan fingerprint density at radius 3 is 2.40 bits per heavy atom. The number of benzene rings is 1. The molecule has 0 radical (unpaired) electrons. The van der Waals surface area contributed by atoms with Gasteiger partial charge in [-0.3, -0.25) is 4.79 Å². The Hall–Kier alpha value is -1.15. The number of aryl methyl sites for hydroxylation is 1. The van der Waals surface area contributed by atoms with Gasteiger partial charge in [-0.05, 0) is 60.6 Å². The molecule has 2 fully saturated rings. The maximum Gasteiger partial charge on any atom is 0.150 e. The van der Waals surface area contributed by atoms with Crippen LogP contribution in [0.5, 0.6) is 0 Å². The molecule has 2 saturated carbocycles. The molecule has 108 valence electrons. The van der Waals surface area contributed by atoms with Crippen LogP contribution in [0.2, 0.25) is 0 Å². The van der Waals surface area contributed by atoms with Crippen LogP contribution in [0.3, 0.4) is 0 Å². The van der Waals surface area contributed by atoms with Crippen LogP contribution in [0, 0.1) is 17.8 Å². The van der Waals surface area contributed by atoms with Crippen molar-refractivity contribution in [3.05, 3.63) is 34.9 Å². The Balaban J connectivity index is 2.09. The maximum absolute atomic E-state index is 11.1. The van der Waals surface area contributed by atoms with E-state index in [1.165, 1.54) is 5.56 Å². The Morgan fingerprint density at radius 2 is 1.90 bits per heavy atom. The zero-order valence-corrected chi connectivity index (χ0v) is 12.9. The van der Waals surface area contributed by atoms with E-state index < -0.39 is 5.60 Å². The maximum atomic E-state index is 11.1. The fraction of sp³-hybridized carbons (Fsp3) is 0.611. The van der Waals surface area contributed by atoms with Crippen LogP contribution in [-0.4, -0.2) is 17.0 Å². The molecule has 1 N–H and O–H groups in total. The lowest BCUT2D eigenvalue weighted by Crippen LogP contribution is -2.39. The zero-order chi connectivity index (χ0) is 14.8. The first-order valence-electron chi connectivity index (χ1n) is 7.53. The summed E-state index contributed by atoms with van der Waals surface area (Å²) in [5, 5.41) is 11.0. The van der Waals surface area contributed by atoms with Gasteiger partial charge in [0.25, 0.3) is 0 Å². The molecule has 0 heterocycles. The molecule has 2 aliphatic rings. The van der Waals surface area contributed by atoms with Crippen molar-refractivity contribution in [2.45, 2.75) is 58.5 Å². The fourth-order valence-electron chi connectivity index (χ4n) is 4.75. The molecule has 3 atom stereocenters. The predicted molar refractivity (Wildman–Crippen MR) is 80.0 cm³/mol. The third kappa shape index (κ3) is 1.52. The highest BCUT2D eigenvalue weighted by Crippen LogP contribution is 2.72. The average Bonchev–Trinajstić information content (AvgIpc) is 2.66. The molecule has 2 nitrogen and oxygen atoms in total. The van der Waals surface area contributed by atoms with Crippen LogP contribution in [-0.2, 0) is 0 Å². The highest BCUT2D eigenvalue weighted by atomic mass is 16.3. The molecule has 0 amide bonds. The molecule has 0 spiro atoms. The van der Waals surface area contributed by atoms with Crippen LogP contribution in [0.4, 0.5) is 0 Å². The second-order valence-electron chi connectivity index (χ2n) is 7.63. The van der Waals surface area contributed by atoms with Crippen molar-refractivity contribution in [2.24, 2.45) is 10.8 Å². The summed E-state index contributed by atoms with van der Waals surface area (Å²) in [6.45, 7) is 8.75. The van der Waals surface area contributed by atoms with Crippen molar-refractivity contribution in [1.29, 1.82) is 0 Å². The molecule has 20 heavy (non-hydrogen) atoms. The summed E-state index contributed by atoms with van der Waals surface area (Å²) < 4.78 is 0. The molecule has 2 bridgehead atoms. The molecule has 3 rings (SSSR count). The van der Waals surface area contributed by atoms with Crippen molar-refractivity contribution in [3.63, 3.8) is 0 Å². The summed E-state index contributed by atoms with van der Waals surface area (Å²) in [7, 11) is 0. The third-order valence-corrected chi connectivity index (χ3v) is 6.62. The molecule has 2 aliphatic carbocycles. The number of carbonyl (C=O) groups excluding carboxylic acids is 1. The van der Waals surface area contributed by atoms with Gasteiger partial charge >= 0.3 is 0 Å². The van der Waals surface area contributed by atoms with Gasteiger partial charge in [0.15, 0.2) is 0 Å². The third-order valence-electron chi connectivity index (χ3n) is 6.62. The Morgan fingerprint density at radius 1 is 1.20 bits per heavy atom. The van der Waals surface area contributed by atoms with E-state index in [4.69, 9.17) is 0 Å². The monoisotopic (exact) mass is 272 g/mol. The zero-order valence-electron chi connectivity index (χ0n) is 12.9. The number of carbonyl (C=O) groups is 1. The molecular formula is C18H24O2. The molecule has 1 aromatic rings. The minimum atomic E-state index is -0.558. The smallest absolute Gasteiger partial charge is 0.150 e. The fourth-order valence-corrected chi connectivity index (χ4v) is 4.75. The Bertz CT molecular complexity index is 575. The molecule has 0 aliphatic heterocycles. The van der Waals surface area contributed by atoms with Crippen LogP contribution in [0.1, 0.15) is 67.4 Å². The molecule has 3 unspecified atom stereocenters. The minimum absolute atomic E-state index is 0.0737. The topological polar surface area (TPSA) is 37.3 Å². The van der Waals surface area contributed by atoms with Crippen molar-refractivity contribution < 1.29 is 9.90 Å². The van der Waals surface area contributed by atoms with Gasteiger partial charge < -0.3 is 5.11 Å². The second-order valence-corrected chi connectivity index (χ2v) is 7.63. The lowest BCUT2D eigenvalue weighted by atomic mass is 9.64. The molecule has 1 aromatic carbocycles. The lowest BCUT2D eigenvalue weighted by Gasteiger charge is -2.40. The molecule has 0 aromatic heterocycles. The number of rotatable bonds is 2. The highest BCUT2D eigenvalue weighted by Gasteiger charge is 2.69. The standard InChI is InChI=1S/C18H24O2/c1-12-7-13(11-19)9-14(8-12)15-10-18(20)6-5-17(15,4)16(18,2)3/h7-9,11,15,20H,5-6,10H2,1-4H3. The van der Waals surface area contributed by atoms with E-state index in [9.17, 15) is 9.90 Å². The average molecular weight is 272 g/mol. The number of aliphatic hydroxyl groups is 1. The lowest BCUT2D eigenvalue weighted by molar-refractivity contribution is -0.0395. The van der Waals surface area contributed by atoms with Crippen LogP contribution in [0.15, 0.2) is 18.2 Å². The van der Waals surface area contributed by atoms with Crippen LogP contribution >= 0.6 is 0 Å². The predicted octanol–water partition coefficient (Wildman–Crippen LogP) is 3.85. The van der Waals surface area contributed by atoms with Crippen molar-refractivity contribution in [1.82, 2.24) is 0 Å². The van der Waals surface area contributed by atoms with E-state index >= 15 is 0 Å². The van der Waals surface area contributed by atoms with Crippen molar-refractivity contribution in [3.8, 4) is 0 Å². The van der Waals surface area contributed by atoms with Crippen molar-refractivity contribution >= 4 is 6.29 Å². The Labute approximate surface area is 121 Å². The van der Waals surface area contributed by atoms with Crippen LogP contribution in [0.25, 0.3) is 0 Å². The van der Waals surface area contributed by atoms with Crippen molar-refractivity contribution in [2.75, 3.05) is 0 Å². The highest BCUT2D eigenvalue weighted by molar-refractivity contribution is 5.75. The number of aldehydes is 1. The van der Waals surface area contributed by atoms with Gasteiger partial charge in [0.2, 0.25) is 0 Å². The first-order valence-corrected chi connectivity index (χ1v) is 7.53. The van der Waals surface area contributed by atoms with Gasteiger partial charge in [0.05, 0.1) is 5.60 Å². The normalized spacial score (nSPS) is 38.1. The summed E-state index contributed by atoms with van der Waals surface area (Å²) in [5.41, 5.74) is 2.57. The van der Waals surface area contributed by atoms with Gasteiger partial charge in [-0.25, -0.2) is 0 Å². The number of hydrogen-bond donors (Lipinski definition) is 1. The van der Waals surface area contributed by atoms with E-state index in [1.807, 2.05) is 19.1 Å². The van der Waals surface area contributed by atoms with E-state index in [0.29, 0.717) is 5.92 Å². The van der Waals surface area contributed by atoms with Gasteiger partial charge in [-0.2, -0.15) is 0 Å². The van der Waals surface area contributed by atoms with Gasteiger partial charge in [-0.15, -0.1) is 0 Å². The van der Waals surface area contributed by atoms with E-state index in [2.05, 4.69) is 26.8 Å². The van der Waals surface area contributed by atoms with Crippen LogP contribution < -0.4 is 0 Å². The van der Waals surface area contributed by atoms with E-state index in [-0.39, 0.29) is 10.8 Å². The summed E-state index contributed by atoms with van der Waals surface area (Å²) in [5.74, 6) is 0.342. The van der Waals surface area contributed by atoms with E-state index in [0.717, 1.165) is 36.7 Å². The second kappa shape index (κ2) is 3.94. The summed E-state index contributed by atoms with van der Waals surface area (Å²) in [6, 6.07) is 6.12. The molecular weight excluding hydrogens is 248 g/mol. The minimum Gasteiger partial charge on any atom is -0.389 e. The van der Waals surface area contributed by atoms with Gasteiger partial charge in [0, 0.05) is 5.56 Å².